The highest BCUT2D eigenvalue weighted by Crippen LogP contribution is 2.01. The fraction of sp³-hybridized carbons (Fsp3) is 0.222. The molecule has 0 saturated heterocycles. The van der Waals surface area contributed by atoms with Crippen molar-refractivity contribution >= 4 is 17.8 Å². The number of carbonyl (C=O) groups is 3. The van der Waals surface area contributed by atoms with Crippen LogP contribution in [-0.2, 0) is 9.59 Å². The lowest BCUT2D eigenvalue weighted by molar-refractivity contribution is -0.140. The number of nitrogens with one attached hydrogen (secondary N) is 1. The van der Waals surface area contributed by atoms with E-state index in [4.69, 9.17) is 15.3 Å². The van der Waals surface area contributed by atoms with E-state index in [2.05, 4.69) is 5.32 Å². The molecule has 7 heteroatoms. The van der Waals surface area contributed by atoms with Gasteiger partial charge in [-0.2, -0.15) is 0 Å². The SMILES string of the molecule is NC(=O)C[C@@H](NC(=O)c1ccco1)C(=O)O. The number of nitrogens with two attached hydrogens (primary N) is 1. The van der Waals surface area contributed by atoms with Crippen LogP contribution in [-0.4, -0.2) is 28.9 Å². The maximum Gasteiger partial charge on any atom is 0.326 e. The first-order valence-electron chi connectivity index (χ1n) is 4.36. The van der Waals surface area contributed by atoms with E-state index in [1.165, 1.54) is 18.4 Å². The van der Waals surface area contributed by atoms with Crippen molar-refractivity contribution in [1.29, 1.82) is 0 Å². The number of hydrogen-bond acceptors (Lipinski definition) is 4. The lowest BCUT2D eigenvalue weighted by atomic mass is 10.2. The molecule has 0 spiro atoms. The van der Waals surface area contributed by atoms with Crippen LogP contribution in [0.3, 0.4) is 0 Å². The molecule has 0 aliphatic carbocycles. The number of aliphatic carboxylic acids is 1. The predicted octanol–water partition coefficient (Wildman–Crippen LogP) is -0.662. The fourth-order valence-corrected chi connectivity index (χ4v) is 1.04. The Bertz CT molecular complexity index is 398. The van der Waals surface area contributed by atoms with E-state index in [1.54, 1.807) is 0 Å². The molecular formula is C9H10N2O5. The molecule has 2 amide bonds. The molecule has 0 aliphatic rings. The van der Waals surface area contributed by atoms with Crippen LogP contribution in [0.1, 0.15) is 17.0 Å². The van der Waals surface area contributed by atoms with E-state index >= 15 is 0 Å². The van der Waals surface area contributed by atoms with Gasteiger partial charge in [-0.1, -0.05) is 0 Å². The minimum Gasteiger partial charge on any atom is -0.480 e. The van der Waals surface area contributed by atoms with Crippen LogP contribution in [0, 0.1) is 0 Å². The molecule has 0 saturated carbocycles. The molecule has 0 aliphatic heterocycles. The Morgan fingerprint density at radius 3 is 2.62 bits per heavy atom. The first-order chi connectivity index (χ1) is 7.50. The summed E-state index contributed by atoms with van der Waals surface area (Å²) in [5.74, 6) is -2.89. The third-order valence-electron chi connectivity index (χ3n) is 1.75. The second kappa shape index (κ2) is 4.96. The number of carbonyl (C=O) groups excluding carboxylic acids is 2. The van der Waals surface area contributed by atoms with Crippen LogP contribution in [0.25, 0.3) is 0 Å². The fourth-order valence-electron chi connectivity index (χ4n) is 1.04. The third-order valence-corrected chi connectivity index (χ3v) is 1.75. The van der Waals surface area contributed by atoms with Crippen LogP contribution in [0.2, 0.25) is 0 Å². The van der Waals surface area contributed by atoms with Crippen molar-refractivity contribution in [2.45, 2.75) is 12.5 Å². The Morgan fingerprint density at radius 1 is 1.50 bits per heavy atom. The Labute approximate surface area is 90.2 Å². The summed E-state index contributed by atoms with van der Waals surface area (Å²) in [4.78, 5) is 32.6. The van der Waals surface area contributed by atoms with Crippen molar-refractivity contribution in [2.24, 2.45) is 5.73 Å². The van der Waals surface area contributed by atoms with Gasteiger partial charge in [0.2, 0.25) is 5.91 Å². The zero-order chi connectivity index (χ0) is 12.1. The van der Waals surface area contributed by atoms with E-state index in [1.807, 2.05) is 0 Å². The second-order valence-electron chi connectivity index (χ2n) is 3.01. The van der Waals surface area contributed by atoms with Gasteiger partial charge < -0.3 is 20.6 Å². The van der Waals surface area contributed by atoms with Gasteiger partial charge in [-0.05, 0) is 12.1 Å². The lowest BCUT2D eigenvalue weighted by Crippen LogP contribution is -2.43. The molecule has 16 heavy (non-hydrogen) atoms. The highest BCUT2D eigenvalue weighted by molar-refractivity contribution is 5.95. The first kappa shape index (κ1) is 11.8. The van der Waals surface area contributed by atoms with Crippen LogP contribution in [0.15, 0.2) is 22.8 Å². The Morgan fingerprint density at radius 2 is 2.19 bits per heavy atom. The highest BCUT2D eigenvalue weighted by Gasteiger charge is 2.23. The summed E-state index contributed by atoms with van der Waals surface area (Å²) in [7, 11) is 0. The standard InChI is InChI=1S/C9H10N2O5/c10-7(12)4-5(9(14)15)11-8(13)6-2-1-3-16-6/h1-3,5H,4H2,(H2,10,12)(H,11,13)(H,14,15)/t5-/m1/s1. The summed E-state index contributed by atoms with van der Waals surface area (Å²) in [5, 5.41) is 10.8. The maximum absolute atomic E-state index is 11.4. The maximum atomic E-state index is 11.4. The Hall–Kier alpha value is -2.31. The number of furan rings is 1. The van der Waals surface area contributed by atoms with Gasteiger partial charge in [-0.15, -0.1) is 0 Å². The molecule has 1 atom stereocenters. The monoisotopic (exact) mass is 226 g/mol. The van der Waals surface area contributed by atoms with Gasteiger partial charge >= 0.3 is 5.97 Å². The largest absolute Gasteiger partial charge is 0.480 e. The van der Waals surface area contributed by atoms with E-state index in [0.29, 0.717) is 0 Å². The molecule has 1 rings (SSSR count). The van der Waals surface area contributed by atoms with Gasteiger partial charge in [0.05, 0.1) is 12.7 Å². The molecule has 4 N–H and O–H groups in total. The molecule has 86 valence electrons. The van der Waals surface area contributed by atoms with Crippen LogP contribution >= 0.6 is 0 Å². The van der Waals surface area contributed by atoms with Gasteiger partial charge in [0.15, 0.2) is 5.76 Å². The van der Waals surface area contributed by atoms with Crippen molar-refractivity contribution in [1.82, 2.24) is 5.32 Å². The van der Waals surface area contributed by atoms with Gasteiger partial charge in [-0.25, -0.2) is 4.79 Å². The van der Waals surface area contributed by atoms with Gasteiger partial charge in [0.25, 0.3) is 5.91 Å². The zero-order valence-electron chi connectivity index (χ0n) is 8.17. The van der Waals surface area contributed by atoms with Crippen molar-refractivity contribution < 1.29 is 23.9 Å². The third kappa shape index (κ3) is 3.12. The number of amides is 2. The number of rotatable bonds is 5. The molecule has 7 nitrogen and oxygen atoms in total. The van der Waals surface area contributed by atoms with E-state index in [9.17, 15) is 14.4 Å². The summed E-state index contributed by atoms with van der Waals surface area (Å²) in [5.41, 5.74) is 4.85. The van der Waals surface area contributed by atoms with Crippen LogP contribution in [0.5, 0.6) is 0 Å². The molecule has 1 heterocycles. The normalized spacial score (nSPS) is 11.8. The lowest BCUT2D eigenvalue weighted by Gasteiger charge is -2.11. The topological polar surface area (TPSA) is 123 Å². The van der Waals surface area contributed by atoms with Crippen LogP contribution in [0.4, 0.5) is 0 Å². The number of carboxylic acids is 1. The average molecular weight is 226 g/mol. The van der Waals surface area contributed by atoms with Gasteiger partial charge in [-0.3, -0.25) is 9.59 Å². The predicted molar refractivity (Wildman–Crippen MR) is 51.4 cm³/mol. The second-order valence-corrected chi connectivity index (χ2v) is 3.01. The number of primary amides is 1. The van der Waals surface area contributed by atoms with E-state index < -0.39 is 30.2 Å². The number of hydrogen-bond donors (Lipinski definition) is 3. The summed E-state index contributed by atoms with van der Waals surface area (Å²) < 4.78 is 4.76. The smallest absolute Gasteiger partial charge is 0.326 e. The molecular weight excluding hydrogens is 216 g/mol. The van der Waals surface area contributed by atoms with Crippen molar-refractivity contribution in [3.05, 3.63) is 24.2 Å². The van der Waals surface area contributed by atoms with Crippen molar-refractivity contribution in [3.8, 4) is 0 Å². The van der Waals surface area contributed by atoms with Crippen molar-refractivity contribution in [2.75, 3.05) is 0 Å². The van der Waals surface area contributed by atoms with Crippen molar-refractivity contribution in [3.63, 3.8) is 0 Å². The summed E-state index contributed by atoms with van der Waals surface area (Å²) in [6.07, 6.45) is 0.806. The summed E-state index contributed by atoms with van der Waals surface area (Å²) >= 11 is 0. The molecule has 1 aromatic rings. The highest BCUT2D eigenvalue weighted by atomic mass is 16.4. The molecule has 1 aromatic heterocycles. The van der Waals surface area contributed by atoms with E-state index in [-0.39, 0.29) is 5.76 Å². The molecule has 0 unspecified atom stereocenters. The van der Waals surface area contributed by atoms with Gasteiger partial charge in [0.1, 0.15) is 6.04 Å². The van der Waals surface area contributed by atoms with E-state index in [0.717, 1.165) is 0 Å². The summed E-state index contributed by atoms with van der Waals surface area (Å²) in [6, 6.07) is 1.51. The average Bonchev–Trinajstić information content (AvgIpc) is 2.68. The Kier molecular flexibility index (Phi) is 3.65. The summed E-state index contributed by atoms with van der Waals surface area (Å²) in [6.45, 7) is 0. The quantitative estimate of drug-likeness (QED) is 0.614. The molecule has 0 fully saturated rings. The van der Waals surface area contributed by atoms with Gasteiger partial charge in [0, 0.05) is 0 Å². The molecule has 0 aromatic carbocycles. The van der Waals surface area contributed by atoms with Crippen LogP contribution < -0.4 is 11.1 Å². The molecule has 0 radical (unpaired) electrons. The zero-order valence-corrected chi connectivity index (χ0v) is 8.17. The minimum atomic E-state index is -1.35. The minimum absolute atomic E-state index is 0.0317. The molecule has 0 bridgehead atoms. The number of carboxylic acid groups (broad SMARTS) is 1. The first-order valence-corrected chi connectivity index (χ1v) is 4.36. The Balaban J connectivity index is 2.65.